The third-order valence-corrected chi connectivity index (χ3v) is 7.82. The number of carbonyl (C=O) groups excluding carboxylic acids is 2. The number of amides is 2. The topological polar surface area (TPSA) is 151 Å². The number of aliphatic carboxylic acids is 1. The number of pyridine rings is 1. The first-order valence-corrected chi connectivity index (χ1v) is 13.7. The second kappa shape index (κ2) is 10.8. The Hall–Kier alpha value is -2.81. The van der Waals surface area contributed by atoms with Gasteiger partial charge in [-0.15, -0.1) is 23.5 Å². The summed E-state index contributed by atoms with van der Waals surface area (Å²) in [5, 5.41) is 15.9. The molecule has 0 aliphatic carbocycles. The van der Waals surface area contributed by atoms with E-state index in [4.69, 9.17) is 22.2 Å². The van der Waals surface area contributed by atoms with Crippen molar-refractivity contribution in [2.75, 3.05) is 23.7 Å². The second-order valence-corrected chi connectivity index (χ2v) is 10.9. The van der Waals surface area contributed by atoms with Crippen molar-refractivity contribution in [1.82, 2.24) is 15.2 Å². The Morgan fingerprint density at radius 2 is 2.17 bits per heavy atom. The molecule has 1 saturated heterocycles. The van der Waals surface area contributed by atoms with Crippen molar-refractivity contribution in [2.45, 2.75) is 18.0 Å². The van der Waals surface area contributed by atoms with Gasteiger partial charge in [0.15, 0.2) is 35.7 Å². The van der Waals surface area contributed by atoms with E-state index in [1.165, 1.54) is 28.4 Å². The first-order chi connectivity index (χ1) is 16.8. The van der Waals surface area contributed by atoms with Crippen molar-refractivity contribution in [3.05, 3.63) is 51.9 Å². The first kappa shape index (κ1) is 25.3. The minimum absolute atomic E-state index is 0.0426. The van der Waals surface area contributed by atoms with Crippen molar-refractivity contribution >= 4 is 75.1 Å². The predicted molar refractivity (Wildman–Crippen MR) is 134 cm³/mol. The molecule has 0 radical (unpaired) electrons. The van der Waals surface area contributed by atoms with Gasteiger partial charge in [-0.3, -0.25) is 14.5 Å². The van der Waals surface area contributed by atoms with E-state index >= 15 is 0 Å². The Morgan fingerprint density at radius 1 is 1.43 bits per heavy atom. The molecule has 11 nitrogen and oxygen atoms in total. The number of anilines is 1. The molecule has 2 atom stereocenters. The molecule has 2 aromatic rings. The predicted octanol–water partition coefficient (Wildman–Crippen LogP) is 1.15. The molecule has 0 spiro atoms. The molecule has 4 N–H and O–H groups in total. The maximum Gasteiger partial charge on any atom is 0.352 e. The molecule has 2 aliphatic heterocycles. The number of hydrogen-bond acceptors (Lipinski definition) is 10. The van der Waals surface area contributed by atoms with Crippen LogP contribution in [0.2, 0.25) is 4.34 Å². The van der Waals surface area contributed by atoms with E-state index in [-0.39, 0.29) is 32.5 Å². The summed E-state index contributed by atoms with van der Waals surface area (Å²) in [5.74, 6) is -1.90. The number of nitrogens with zero attached hydrogens (tertiary/aromatic N) is 4. The maximum absolute atomic E-state index is 13.1. The summed E-state index contributed by atoms with van der Waals surface area (Å²) in [6.45, 7) is 0.330. The largest absolute Gasteiger partial charge is 0.477 e. The van der Waals surface area contributed by atoms with Crippen LogP contribution in [-0.2, 0) is 25.8 Å². The highest BCUT2D eigenvalue weighted by molar-refractivity contribution is 8.00. The lowest BCUT2D eigenvalue weighted by molar-refractivity contribution is -0.689. The lowest BCUT2D eigenvalue weighted by Gasteiger charge is -2.49. The van der Waals surface area contributed by atoms with Crippen LogP contribution in [0.5, 0.6) is 0 Å². The van der Waals surface area contributed by atoms with Crippen LogP contribution in [0, 0.1) is 0 Å². The van der Waals surface area contributed by atoms with Crippen LogP contribution < -0.4 is 15.6 Å². The van der Waals surface area contributed by atoms with E-state index in [2.05, 4.69) is 15.5 Å². The number of nitrogens with one attached hydrogen (secondary N) is 1. The fourth-order valence-corrected chi connectivity index (χ4v) is 6.00. The number of thiazole rings is 1. The van der Waals surface area contributed by atoms with Crippen molar-refractivity contribution in [3.8, 4) is 0 Å². The lowest BCUT2D eigenvalue weighted by Crippen LogP contribution is -2.71. The molecule has 184 valence electrons. The average Bonchev–Trinajstić information content (AvgIpc) is 3.17. The lowest BCUT2D eigenvalue weighted by atomic mass is 10.0. The van der Waals surface area contributed by atoms with Crippen LogP contribution in [0.4, 0.5) is 5.13 Å². The molecular weight excluding hydrogens is 536 g/mol. The van der Waals surface area contributed by atoms with Crippen molar-refractivity contribution in [3.63, 3.8) is 0 Å². The number of carboxylic acids is 1. The standard InChI is InChI=1S/C20H19ClN6O5S3/c1-33-9-32-25-12(11-15(21)35-20(22)24-11)16(28)23-13-17(29)27-14(19(30)31)10(8-34-18(13)27)7-26-5-3-2-4-6-26/h2-6,13,18H,7-9H2,1H3,(H3-,22,23,24,28,30,31)/p+1/b25-12-/t13?,18-/m1/s1. The van der Waals surface area contributed by atoms with Crippen LogP contribution in [-0.4, -0.2) is 67.8 Å². The number of rotatable bonds is 9. The molecule has 4 heterocycles. The van der Waals surface area contributed by atoms with E-state index in [1.54, 1.807) is 6.26 Å². The monoisotopic (exact) mass is 555 g/mol. The molecule has 35 heavy (non-hydrogen) atoms. The van der Waals surface area contributed by atoms with Crippen molar-refractivity contribution < 1.29 is 28.9 Å². The number of halogens is 1. The van der Waals surface area contributed by atoms with Gasteiger partial charge in [0, 0.05) is 23.5 Å². The van der Waals surface area contributed by atoms with Gasteiger partial charge in [0.25, 0.3) is 11.8 Å². The van der Waals surface area contributed by atoms with Gasteiger partial charge in [0.1, 0.15) is 27.1 Å². The summed E-state index contributed by atoms with van der Waals surface area (Å²) in [5.41, 5.74) is 6.06. The minimum atomic E-state index is -1.20. The van der Waals surface area contributed by atoms with Crippen LogP contribution >= 0.6 is 46.5 Å². The van der Waals surface area contributed by atoms with Gasteiger partial charge in [0.05, 0.1) is 0 Å². The van der Waals surface area contributed by atoms with E-state index in [0.29, 0.717) is 17.9 Å². The molecule has 2 aromatic heterocycles. The first-order valence-electron chi connectivity index (χ1n) is 10.1. The number of hydrogen-bond donors (Lipinski definition) is 3. The quantitative estimate of drug-likeness (QED) is 0.103. The maximum atomic E-state index is 13.1. The molecular formula is C20H20ClN6O5S3+. The molecule has 1 fully saturated rings. The highest BCUT2D eigenvalue weighted by Crippen LogP contribution is 2.40. The van der Waals surface area contributed by atoms with Gasteiger partial charge in [-0.1, -0.05) is 34.2 Å². The highest BCUT2D eigenvalue weighted by Gasteiger charge is 2.54. The van der Waals surface area contributed by atoms with E-state index in [1.807, 2.05) is 35.2 Å². The van der Waals surface area contributed by atoms with E-state index < -0.39 is 29.2 Å². The van der Waals surface area contributed by atoms with E-state index in [9.17, 15) is 19.5 Å². The Bertz CT molecular complexity index is 1220. The van der Waals surface area contributed by atoms with Crippen molar-refractivity contribution in [2.24, 2.45) is 5.16 Å². The van der Waals surface area contributed by atoms with Crippen LogP contribution in [0.25, 0.3) is 0 Å². The summed E-state index contributed by atoms with van der Waals surface area (Å²) < 4.78 is 1.99. The molecule has 4 rings (SSSR count). The zero-order valence-electron chi connectivity index (χ0n) is 18.2. The fourth-order valence-electron chi connectivity index (χ4n) is 3.57. The van der Waals surface area contributed by atoms with Gasteiger partial charge in [-0.25, -0.2) is 14.3 Å². The number of carboxylic acid groups (broad SMARTS) is 1. The highest BCUT2D eigenvalue weighted by atomic mass is 35.5. The Kier molecular flexibility index (Phi) is 7.84. The average molecular weight is 556 g/mol. The van der Waals surface area contributed by atoms with Crippen molar-refractivity contribution in [1.29, 1.82) is 0 Å². The zero-order chi connectivity index (χ0) is 25.1. The zero-order valence-corrected chi connectivity index (χ0v) is 21.4. The van der Waals surface area contributed by atoms with Gasteiger partial charge < -0.3 is 21.0 Å². The summed E-state index contributed by atoms with van der Waals surface area (Å²) in [4.78, 5) is 48.5. The third kappa shape index (κ3) is 5.24. The molecule has 0 aromatic carbocycles. The Morgan fingerprint density at radius 3 is 2.80 bits per heavy atom. The third-order valence-electron chi connectivity index (χ3n) is 5.06. The summed E-state index contributed by atoms with van der Waals surface area (Å²) in [6, 6.07) is 4.58. The smallest absolute Gasteiger partial charge is 0.352 e. The Balaban J connectivity index is 1.54. The normalized spacial score (nSPS) is 19.8. The summed E-state index contributed by atoms with van der Waals surface area (Å²) >= 11 is 9.85. The van der Waals surface area contributed by atoms with Gasteiger partial charge >= 0.3 is 5.97 Å². The number of β-lactam (4-membered cyclic amide) rings is 1. The summed E-state index contributed by atoms with van der Waals surface area (Å²) in [7, 11) is 0. The minimum Gasteiger partial charge on any atom is -0.477 e. The number of thioether (sulfide) groups is 2. The van der Waals surface area contributed by atoms with Gasteiger partial charge in [-0.2, -0.15) is 0 Å². The number of aromatic nitrogens is 2. The molecule has 1 unspecified atom stereocenters. The number of nitrogen functional groups attached to an aromatic ring is 1. The fraction of sp³-hybridized carbons (Fsp3) is 0.300. The SMILES string of the molecule is CSCO/N=C(\C(=O)NC1C(=O)N2C(C(=O)O)=C(C[n+]3ccccc3)CS[C@H]12)c1nc(N)sc1Cl. The summed E-state index contributed by atoms with van der Waals surface area (Å²) in [6.07, 6.45) is 5.43. The number of fused-ring (bicyclic) bond motifs is 1. The molecule has 2 amide bonds. The van der Waals surface area contributed by atoms with Crippen LogP contribution in [0.15, 0.2) is 47.0 Å². The van der Waals surface area contributed by atoms with Crippen LogP contribution in [0.3, 0.4) is 0 Å². The van der Waals surface area contributed by atoms with Crippen LogP contribution in [0.1, 0.15) is 5.69 Å². The van der Waals surface area contributed by atoms with Gasteiger partial charge in [0.2, 0.25) is 0 Å². The number of nitrogens with two attached hydrogens (primary N) is 1. The molecule has 0 bridgehead atoms. The number of carbonyl (C=O) groups is 3. The molecule has 0 saturated carbocycles. The van der Waals surface area contributed by atoms with E-state index in [0.717, 1.165) is 11.3 Å². The Labute approximate surface area is 217 Å². The second-order valence-electron chi connectivity index (χ2n) is 7.32. The molecule has 15 heteroatoms. The number of oxime groups is 1. The molecule has 2 aliphatic rings. The van der Waals surface area contributed by atoms with Gasteiger partial charge in [-0.05, 0) is 6.26 Å².